The Balaban J connectivity index is 1.67. The number of hydrogen-bond donors (Lipinski definition) is 1. The Labute approximate surface area is 136 Å². The van der Waals surface area contributed by atoms with Crippen molar-refractivity contribution in [2.75, 3.05) is 18.0 Å². The molecule has 0 aromatic carbocycles. The SMILES string of the molecule is O=c1[nH]ncc(N2CCCC(c3nnc4ccccn34)C2)c1Cl. The molecule has 8 heteroatoms. The fourth-order valence-corrected chi connectivity index (χ4v) is 3.35. The number of nitrogens with one attached hydrogen (secondary N) is 1. The van der Waals surface area contributed by atoms with E-state index in [2.05, 4.69) is 25.3 Å². The average Bonchev–Trinajstić information content (AvgIpc) is 3.01. The number of H-pyrrole nitrogens is 1. The number of aromatic nitrogens is 5. The van der Waals surface area contributed by atoms with Gasteiger partial charge in [0.2, 0.25) is 0 Å². The number of aromatic amines is 1. The molecule has 1 aliphatic rings. The fourth-order valence-electron chi connectivity index (χ4n) is 3.14. The van der Waals surface area contributed by atoms with Crippen LogP contribution in [0.3, 0.4) is 0 Å². The molecule has 4 heterocycles. The Hall–Kier alpha value is -2.41. The van der Waals surface area contributed by atoms with Crippen LogP contribution in [0, 0.1) is 0 Å². The van der Waals surface area contributed by atoms with Crippen LogP contribution in [0.15, 0.2) is 35.4 Å². The lowest BCUT2D eigenvalue weighted by atomic mass is 9.97. The molecule has 0 bridgehead atoms. The monoisotopic (exact) mass is 330 g/mol. The Morgan fingerprint density at radius 3 is 3.13 bits per heavy atom. The first-order chi connectivity index (χ1) is 11.2. The van der Waals surface area contributed by atoms with E-state index >= 15 is 0 Å². The van der Waals surface area contributed by atoms with Crippen LogP contribution in [0.4, 0.5) is 5.69 Å². The van der Waals surface area contributed by atoms with Crippen molar-refractivity contribution in [1.29, 1.82) is 0 Å². The molecule has 3 aromatic rings. The molecule has 23 heavy (non-hydrogen) atoms. The zero-order valence-corrected chi connectivity index (χ0v) is 13.1. The van der Waals surface area contributed by atoms with E-state index in [-0.39, 0.29) is 16.5 Å². The lowest BCUT2D eigenvalue weighted by Gasteiger charge is -2.33. The van der Waals surface area contributed by atoms with Gasteiger partial charge in [-0.05, 0) is 25.0 Å². The van der Waals surface area contributed by atoms with Crippen LogP contribution in [0.2, 0.25) is 5.02 Å². The summed E-state index contributed by atoms with van der Waals surface area (Å²) in [6.07, 6.45) is 5.61. The molecule has 4 rings (SSSR count). The largest absolute Gasteiger partial charge is 0.368 e. The number of rotatable bonds is 2. The van der Waals surface area contributed by atoms with E-state index in [0.717, 1.165) is 37.4 Å². The molecule has 1 N–H and O–H groups in total. The van der Waals surface area contributed by atoms with Gasteiger partial charge in [0.1, 0.15) is 10.8 Å². The summed E-state index contributed by atoms with van der Waals surface area (Å²) in [5.74, 6) is 1.18. The van der Waals surface area contributed by atoms with Crippen molar-refractivity contribution in [2.45, 2.75) is 18.8 Å². The van der Waals surface area contributed by atoms with Crippen molar-refractivity contribution in [3.63, 3.8) is 0 Å². The molecule has 0 radical (unpaired) electrons. The van der Waals surface area contributed by atoms with Crippen molar-refractivity contribution in [2.24, 2.45) is 0 Å². The second-order valence-electron chi connectivity index (χ2n) is 5.67. The third-order valence-corrected chi connectivity index (χ3v) is 4.61. The molecule has 118 valence electrons. The molecule has 1 saturated heterocycles. The zero-order valence-electron chi connectivity index (χ0n) is 12.3. The second kappa shape index (κ2) is 5.66. The minimum Gasteiger partial charge on any atom is -0.368 e. The summed E-state index contributed by atoms with van der Waals surface area (Å²) in [5, 5.41) is 15.0. The van der Waals surface area contributed by atoms with Crippen LogP contribution in [0.25, 0.3) is 5.65 Å². The minimum absolute atomic E-state index is 0.187. The molecule has 0 saturated carbocycles. The smallest absolute Gasteiger partial charge is 0.285 e. The van der Waals surface area contributed by atoms with E-state index in [1.54, 1.807) is 6.20 Å². The van der Waals surface area contributed by atoms with E-state index in [0.29, 0.717) is 5.69 Å². The Morgan fingerprint density at radius 1 is 1.30 bits per heavy atom. The third-order valence-electron chi connectivity index (χ3n) is 4.24. The highest BCUT2D eigenvalue weighted by molar-refractivity contribution is 6.33. The molecule has 1 aliphatic heterocycles. The number of hydrogen-bond acceptors (Lipinski definition) is 5. The van der Waals surface area contributed by atoms with Gasteiger partial charge in [-0.1, -0.05) is 17.7 Å². The predicted molar refractivity (Wildman–Crippen MR) is 87.0 cm³/mol. The highest BCUT2D eigenvalue weighted by Gasteiger charge is 2.27. The minimum atomic E-state index is -0.362. The quantitative estimate of drug-likeness (QED) is 0.775. The van der Waals surface area contributed by atoms with Gasteiger partial charge >= 0.3 is 0 Å². The topological polar surface area (TPSA) is 79.2 Å². The van der Waals surface area contributed by atoms with Gasteiger partial charge in [0, 0.05) is 25.2 Å². The number of fused-ring (bicyclic) bond motifs is 1. The van der Waals surface area contributed by atoms with Crippen LogP contribution < -0.4 is 10.5 Å². The van der Waals surface area contributed by atoms with Gasteiger partial charge in [-0.2, -0.15) is 5.10 Å². The molecule has 1 atom stereocenters. The number of halogens is 1. The summed E-state index contributed by atoms with van der Waals surface area (Å²) in [6, 6.07) is 5.86. The van der Waals surface area contributed by atoms with Gasteiger partial charge in [-0.3, -0.25) is 9.20 Å². The zero-order chi connectivity index (χ0) is 15.8. The van der Waals surface area contributed by atoms with E-state index in [1.165, 1.54) is 0 Å². The first-order valence-electron chi connectivity index (χ1n) is 7.52. The van der Waals surface area contributed by atoms with Crippen molar-refractivity contribution < 1.29 is 0 Å². The first kappa shape index (κ1) is 14.2. The van der Waals surface area contributed by atoms with Crippen molar-refractivity contribution in [1.82, 2.24) is 24.8 Å². The average molecular weight is 331 g/mol. The maximum absolute atomic E-state index is 11.7. The fraction of sp³-hybridized carbons (Fsp3) is 0.333. The third kappa shape index (κ3) is 2.46. The van der Waals surface area contributed by atoms with Crippen LogP contribution in [0.5, 0.6) is 0 Å². The van der Waals surface area contributed by atoms with Crippen molar-refractivity contribution in [3.8, 4) is 0 Å². The van der Waals surface area contributed by atoms with Crippen LogP contribution in [0.1, 0.15) is 24.6 Å². The molecule has 0 spiro atoms. The van der Waals surface area contributed by atoms with Gasteiger partial charge in [-0.15, -0.1) is 10.2 Å². The molecule has 3 aromatic heterocycles. The highest BCUT2D eigenvalue weighted by Crippen LogP contribution is 2.31. The van der Waals surface area contributed by atoms with Gasteiger partial charge < -0.3 is 4.90 Å². The number of anilines is 1. The molecule has 1 fully saturated rings. The number of nitrogens with zero attached hydrogens (tertiary/aromatic N) is 5. The lowest BCUT2D eigenvalue weighted by Crippen LogP contribution is -2.36. The van der Waals surface area contributed by atoms with Gasteiger partial charge in [0.15, 0.2) is 5.65 Å². The van der Waals surface area contributed by atoms with E-state index < -0.39 is 0 Å². The summed E-state index contributed by atoms with van der Waals surface area (Å²) in [4.78, 5) is 13.8. The summed E-state index contributed by atoms with van der Waals surface area (Å²) in [7, 11) is 0. The summed E-state index contributed by atoms with van der Waals surface area (Å²) in [5.41, 5.74) is 1.16. The van der Waals surface area contributed by atoms with Gasteiger partial charge in [0.05, 0.1) is 11.9 Å². The molecule has 0 amide bonds. The molecule has 0 aliphatic carbocycles. The summed E-state index contributed by atoms with van der Waals surface area (Å²) < 4.78 is 2.02. The molecular formula is C15H15ClN6O. The predicted octanol–water partition coefficient (Wildman–Crippen LogP) is 1.85. The Morgan fingerprint density at radius 2 is 2.22 bits per heavy atom. The van der Waals surface area contributed by atoms with Gasteiger partial charge in [-0.25, -0.2) is 5.10 Å². The van der Waals surface area contributed by atoms with E-state index in [1.807, 2.05) is 28.8 Å². The second-order valence-corrected chi connectivity index (χ2v) is 6.05. The summed E-state index contributed by atoms with van der Waals surface area (Å²) in [6.45, 7) is 1.58. The number of piperidine rings is 1. The van der Waals surface area contributed by atoms with Crippen LogP contribution >= 0.6 is 11.6 Å². The molecule has 7 nitrogen and oxygen atoms in total. The normalized spacial score (nSPS) is 18.5. The van der Waals surface area contributed by atoms with Crippen molar-refractivity contribution in [3.05, 3.63) is 51.8 Å². The maximum atomic E-state index is 11.7. The maximum Gasteiger partial charge on any atom is 0.285 e. The Bertz CT molecular complexity index is 904. The Kier molecular flexibility index (Phi) is 3.49. The number of pyridine rings is 1. The first-order valence-corrected chi connectivity index (χ1v) is 7.89. The standard InChI is InChI=1S/C15H15ClN6O/c16-13-11(8-17-20-15(13)23)21-6-3-4-10(9-21)14-19-18-12-5-1-2-7-22(12)14/h1-2,5,7-8,10H,3-4,6,9H2,(H,20,23). The lowest BCUT2D eigenvalue weighted by molar-refractivity contribution is 0.488. The van der Waals surface area contributed by atoms with Crippen LogP contribution in [-0.4, -0.2) is 37.9 Å². The summed E-state index contributed by atoms with van der Waals surface area (Å²) >= 11 is 6.14. The molecular weight excluding hydrogens is 316 g/mol. The molecule has 1 unspecified atom stereocenters. The van der Waals surface area contributed by atoms with Crippen LogP contribution in [-0.2, 0) is 0 Å². The highest BCUT2D eigenvalue weighted by atomic mass is 35.5. The van der Waals surface area contributed by atoms with E-state index in [4.69, 9.17) is 11.6 Å². The van der Waals surface area contributed by atoms with E-state index in [9.17, 15) is 4.79 Å². The van der Waals surface area contributed by atoms with Gasteiger partial charge in [0.25, 0.3) is 5.56 Å². The van der Waals surface area contributed by atoms with Crippen molar-refractivity contribution >= 4 is 22.9 Å².